The standard InChI is InChI=1S/C16H9F6N/c17-15(18,19)11-5-10(6-12(8-11)16(20,21)22)14-7-9-3-1-2-4-13(9)23-14/h1-8,23H. The number of halogens is 6. The molecule has 23 heavy (non-hydrogen) atoms. The lowest BCUT2D eigenvalue weighted by Gasteiger charge is -2.13. The van der Waals surface area contributed by atoms with Crippen molar-refractivity contribution in [1.29, 1.82) is 0 Å². The number of benzene rings is 2. The first kappa shape index (κ1) is 15.5. The first-order chi connectivity index (χ1) is 10.6. The Balaban J connectivity index is 2.21. The molecule has 1 aromatic heterocycles. The number of para-hydroxylation sites is 1. The van der Waals surface area contributed by atoms with Gasteiger partial charge in [0, 0.05) is 16.6 Å². The van der Waals surface area contributed by atoms with Crippen molar-refractivity contribution in [2.75, 3.05) is 0 Å². The van der Waals surface area contributed by atoms with Crippen molar-refractivity contribution in [2.24, 2.45) is 0 Å². The van der Waals surface area contributed by atoms with Crippen LogP contribution in [0, 0.1) is 0 Å². The van der Waals surface area contributed by atoms with E-state index in [9.17, 15) is 26.3 Å². The van der Waals surface area contributed by atoms with Gasteiger partial charge in [0.05, 0.1) is 11.1 Å². The summed E-state index contributed by atoms with van der Waals surface area (Å²) >= 11 is 0. The SMILES string of the molecule is FC(F)(F)c1cc(-c2cc3ccccc3[nH]2)cc(C(F)(F)F)c1. The number of hydrogen-bond donors (Lipinski definition) is 1. The summed E-state index contributed by atoms with van der Waals surface area (Å²) < 4.78 is 77.3. The lowest BCUT2D eigenvalue weighted by molar-refractivity contribution is -0.143. The van der Waals surface area contributed by atoms with Crippen LogP contribution < -0.4 is 0 Å². The van der Waals surface area contributed by atoms with Crippen LogP contribution in [0.5, 0.6) is 0 Å². The van der Waals surface area contributed by atoms with Gasteiger partial charge in [-0.2, -0.15) is 26.3 Å². The Morgan fingerprint density at radius 3 is 1.78 bits per heavy atom. The van der Waals surface area contributed by atoms with Gasteiger partial charge in [0.15, 0.2) is 0 Å². The highest BCUT2D eigenvalue weighted by molar-refractivity contribution is 5.86. The fourth-order valence-electron chi connectivity index (χ4n) is 2.34. The molecule has 0 saturated heterocycles. The van der Waals surface area contributed by atoms with Crippen LogP contribution in [-0.4, -0.2) is 4.98 Å². The number of alkyl halides is 6. The Kier molecular flexibility index (Phi) is 3.39. The summed E-state index contributed by atoms with van der Waals surface area (Å²) in [5, 5.41) is 0.702. The third-order valence-corrected chi connectivity index (χ3v) is 3.43. The van der Waals surface area contributed by atoms with Gasteiger partial charge in [0.1, 0.15) is 0 Å². The molecule has 0 amide bonds. The van der Waals surface area contributed by atoms with Crippen molar-refractivity contribution in [3.8, 4) is 11.3 Å². The van der Waals surface area contributed by atoms with E-state index in [2.05, 4.69) is 4.98 Å². The van der Waals surface area contributed by atoms with E-state index in [0.717, 1.165) is 0 Å². The number of H-pyrrole nitrogens is 1. The second-order valence-corrected chi connectivity index (χ2v) is 5.06. The molecule has 1 N–H and O–H groups in total. The summed E-state index contributed by atoms with van der Waals surface area (Å²) in [6, 6.07) is 9.91. The third-order valence-electron chi connectivity index (χ3n) is 3.43. The molecule has 7 heteroatoms. The lowest BCUT2D eigenvalue weighted by Crippen LogP contribution is -2.11. The Bertz CT molecular complexity index is 792. The van der Waals surface area contributed by atoms with Crippen LogP contribution in [0.1, 0.15) is 11.1 Å². The topological polar surface area (TPSA) is 15.8 Å². The summed E-state index contributed by atoms with van der Waals surface area (Å²) in [5.74, 6) is 0. The minimum atomic E-state index is -4.86. The zero-order valence-electron chi connectivity index (χ0n) is 11.4. The van der Waals surface area contributed by atoms with Crippen LogP contribution in [-0.2, 0) is 12.4 Å². The first-order valence-electron chi connectivity index (χ1n) is 6.52. The number of aromatic amines is 1. The van der Waals surface area contributed by atoms with E-state index in [-0.39, 0.29) is 17.3 Å². The highest BCUT2D eigenvalue weighted by atomic mass is 19.4. The maximum atomic E-state index is 12.9. The van der Waals surface area contributed by atoms with Crippen LogP contribution in [0.15, 0.2) is 48.5 Å². The molecule has 0 unspecified atom stereocenters. The van der Waals surface area contributed by atoms with Crippen LogP contribution >= 0.6 is 0 Å². The molecule has 1 heterocycles. The van der Waals surface area contributed by atoms with E-state index in [4.69, 9.17) is 0 Å². The monoisotopic (exact) mass is 329 g/mol. The van der Waals surface area contributed by atoms with Gasteiger partial charge in [-0.3, -0.25) is 0 Å². The number of fused-ring (bicyclic) bond motifs is 1. The first-order valence-corrected chi connectivity index (χ1v) is 6.52. The molecule has 0 spiro atoms. The lowest BCUT2D eigenvalue weighted by atomic mass is 10.0. The van der Waals surface area contributed by atoms with Crippen LogP contribution in [0.4, 0.5) is 26.3 Å². The molecule has 0 saturated carbocycles. The fourth-order valence-corrected chi connectivity index (χ4v) is 2.34. The summed E-state index contributed by atoms with van der Waals surface area (Å²) in [6.45, 7) is 0. The van der Waals surface area contributed by atoms with Gasteiger partial charge in [-0.25, -0.2) is 0 Å². The molecule has 120 valence electrons. The molecule has 0 bridgehead atoms. The normalized spacial score (nSPS) is 12.8. The van der Waals surface area contributed by atoms with E-state index in [1.165, 1.54) is 6.07 Å². The molecule has 3 aromatic rings. The van der Waals surface area contributed by atoms with E-state index < -0.39 is 23.5 Å². The Hall–Kier alpha value is -2.44. The Morgan fingerprint density at radius 2 is 1.26 bits per heavy atom. The van der Waals surface area contributed by atoms with Crippen LogP contribution in [0.3, 0.4) is 0 Å². The van der Waals surface area contributed by atoms with E-state index in [0.29, 0.717) is 23.0 Å². The van der Waals surface area contributed by atoms with Crippen molar-refractivity contribution in [3.05, 3.63) is 59.7 Å². The maximum Gasteiger partial charge on any atom is 0.416 e. The van der Waals surface area contributed by atoms with Gasteiger partial charge < -0.3 is 4.98 Å². The summed E-state index contributed by atoms with van der Waals surface area (Å²) in [4.78, 5) is 2.83. The smallest absolute Gasteiger partial charge is 0.355 e. The number of aromatic nitrogens is 1. The molecular formula is C16H9F6N. The zero-order chi connectivity index (χ0) is 16.8. The van der Waals surface area contributed by atoms with Crippen molar-refractivity contribution < 1.29 is 26.3 Å². The molecule has 0 radical (unpaired) electrons. The summed E-state index contributed by atoms with van der Waals surface area (Å²) in [6.07, 6.45) is -9.72. The number of hydrogen-bond acceptors (Lipinski definition) is 0. The molecular weight excluding hydrogens is 320 g/mol. The summed E-state index contributed by atoms with van der Waals surface area (Å²) in [7, 11) is 0. The van der Waals surface area contributed by atoms with E-state index in [1.54, 1.807) is 24.3 Å². The van der Waals surface area contributed by atoms with Crippen LogP contribution in [0.2, 0.25) is 0 Å². The van der Waals surface area contributed by atoms with Gasteiger partial charge in [0.2, 0.25) is 0 Å². The molecule has 0 aliphatic carbocycles. The molecule has 0 aliphatic heterocycles. The Labute approximate surface area is 126 Å². The van der Waals surface area contributed by atoms with Crippen molar-refractivity contribution in [2.45, 2.75) is 12.4 Å². The minimum absolute atomic E-state index is 0.117. The third kappa shape index (κ3) is 3.04. The quantitative estimate of drug-likeness (QED) is 0.537. The Morgan fingerprint density at radius 1 is 0.696 bits per heavy atom. The van der Waals surface area contributed by atoms with Crippen molar-refractivity contribution >= 4 is 10.9 Å². The number of rotatable bonds is 1. The average Bonchev–Trinajstić information content (AvgIpc) is 2.89. The molecule has 2 aromatic carbocycles. The highest BCUT2D eigenvalue weighted by Gasteiger charge is 2.37. The van der Waals surface area contributed by atoms with E-state index >= 15 is 0 Å². The molecule has 0 fully saturated rings. The predicted molar refractivity (Wildman–Crippen MR) is 73.7 cm³/mol. The van der Waals surface area contributed by atoms with Gasteiger partial charge >= 0.3 is 12.4 Å². The zero-order valence-corrected chi connectivity index (χ0v) is 11.4. The largest absolute Gasteiger partial charge is 0.416 e. The number of nitrogens with one attached hydrogen (secondary N) is 1. The molecule has 0 atom stereocenters. The highest BCUT2D eigenvalue weighted by Crippen LogP contribution is 2.38. The fraction of sp³-hybridized carbons (Fsp3) is 0.125. The van der Waals surface area contributed by atoms with Crippen molar-refractivity contribution in [1.82, 2.24) is 4.98 Å². The van der Waals surface area contributed by atoms with Gasteiger partial charge in [-0.15, -0.1) is 0 Å². The van der Waals surface area contributed by atoms with E-state index in [1.807, 2.05) is 0 Å². The summed E-state index contributed by atoms with van der Waals surface area (Å²) in [5.41, 5.74) is -2.00. The predicted octanol–water partition coefficient (Wildman–Crippen LogP) is 5.87. The van der Waals surface area contributed by atoms with Crippen LogP contribution in [0.25, 0.3) is 22.2 Å². The van der Waals surface area contributed by atoms with Crippen molar-refractivity contribution in [3.63, 3.8) is 0 Å². The van der Waals surface area contributed by atoms with Gasteiger partial charge in [-0.05, 0) is 35.9 Å². The second kappa shape index (κ2) is 5.04. The minimum Gasteiger partial charge on any atom is -0.355 e. The maximum absolute atomic E-state index is 12.9. The van der Waals surface area contributed by atoms with Gasteiger partial charge in [0.25, 0.3) is 0 Å². The molecule has 1 nitrogen and oxygen atoms in total. The molecule has 0 aliphatic rings. The average molecular weight is 329 g/mol. The van der Waals surface area contributed by atoms with Gasteiger partial charge in [-0.1, -0.05) is 18.2 Å². The second-order valence-electron chi connectivity index (χ2n) is 5.06. The molecule has 3 rings (SSSR count).